The quantitative estimate of drug-likeness (QED) is 0.383. The SMILES string of the molecule is Cc1cc(-c2nn(C)cc2C)ccc1OCc1c(C)cccc1N(N)C(=O)N(C)N. The minimum atomic E-state index is -0.520. The van der Waals surface area contributed by atoms with Gasteiger partial charge in [-0.15, -0.1) is 0 Å². The third kappa shape index (κ3) is 4.29. The maximum Gasteiger partial charge on any atom is 0.352 e. The van der Waals surface area contributed by atoms with E-state index in [0.29, 0.717) is 5.69 Å². The van der Waals surface area contributed by atoms with E-state index in [1.165, 1.54) is 7.05 Å². The Morgan fingerprint density at radius 3 is 2.43 bits per heavy atom. The van der Waals surface area contributed by atoms with Gasteiger partial charge in [-0.2, -0.15) is 5.10 Å². The average molecular weight is 409 g/mol. The van der Waals surface area contributed by atoms with Gasteiger partial charge in [0.1, 0.15) is 12.4 Å². The molecule has 0 spiro atoms. The molecule has 0 bridgehead atoms. The molecule has 0 saturated heterocycles. The van der Waals surface area contributed by atoms with Gasteiger partial charge in [-0.25, -0.2) is 21.5 Å². The van der Waals surface area contributed by atoms with E-state index in [0.717, 1.165) is 49.3 Å². The number of anilines is 1. The van der Waals surface area contributed by atoms with E-state index in [2.05, 4.69) is 11.2 Å². The van der Waals surface area contributed by atoms with Crippen LogP contribution in [0, 0.1) is 20.8 Å². The van der Waals surface area contributed by atoms with Crippen LogP contribution >= 0.6 is 0 Å². The van der Waals surface area contributed by atoms with Crippen molar-refractivity contribution in [2.45, 2.75) is 27.4 Å². The highest BCUT2D eigenvalue weighted by Crippen LogP contribution is 2.29. The van der Waals surface area contributed by atoms with Crippen molar-refractivity contribution in [3.05, 3.63) is 64.8 Å². The first kappa shape index (κ1) is 21.4. The average Bonchev–Trinajstić information content (AvgIpc) is 3.04. The normalized spacial score (nSPS) is 10.8. The van der Waals surface area contributed by atoms with Gasteiger partial charge in [-0.1, -0.05) is 12.1 Å². The van der Waals surface area contributed by atoms with Crippen molar-refractivity contribution in [3.8, 4) is 17.0 Å². The Hall–Kier alpha value is -3.36. The number of carbonyl (C=O) groups excluding carboxylic acids is 1. The van der Waals surface area contributed by atoms with Crippen LogP contribution < -0.4 is 21.4 Å². The molecule has 0 radical (unpaired) electrons. The van der Waals surface area contributed by atoms with E-state index < -0.39 is 6.03 Å². The number of amides is 2. The highest BCUT2D eigenvalue weighted by Gasteiger charge is 2.19. The Labute approximate surface area is 176 Å². The van der Waals surface area contributed by atoms with Crippen molar-refractivity contribution in [1.29, 1.82) is 0 Å². The van der Waals surface area contributed by atoms with E-state index in [4.69, 9.17) is 16.4 Å². The van der Waals surface area contributed by atoms with Gasteiger partial charge in [0.15, 0.2) is 0 Å². The van der Waals surface area contributed by atoms with Crippen LogP contribution in [0.3, 0.4) is 0 Å². The fourth-order valence-corrected chi connectivity index (χ4v) is 3.37. The summed E-state index contributed by atoms with van der Waals surface area (Å²) in [7, 11) is 3.36. The zero-order valence-electron chi connectivity index (χ0n) is 18.0. The molecule has 0 aliphatic rings. The lowest BCUT2D eigenvalue weighted by molar-refractivity contribution is 0.216. The summed E-state index contributed by atoms with van der Waals surface area (Å²) in [5.41, 5.74) is 6.45. The van der Waals surface area contributed by atoms with Crippen LogP contribution in [0.25, 0.3) is 11.3 Å². The Bertz CT molecular complexity index is 1070. The Morgan fingerprint density at radius 2 is 1.83 bits per heavy atom. The van der Waals surface area contributed by atoms with Gasteiger partial charge in [-0.05, 0) is 61.7 Å². The van der Waals surface area contributed by atoms with Crippen molar-refractivity contribution >= 4 is 11.7 Å². The summed E-state index contributed by atoms with van der Waals surface area (Å²) in [6.07, 6.45) is 1.99. The molecular formula is C22H28N6O2. The number of ether oxygens (including phenoxy) is 1. The maximum absolute atomic E-state index is 12.2. The molecule has 1 aromatic heterocycles. The Kier molecular flexibility index (Phi) is 6.09. The molecule has 8 heteroatoms. The van der Waals surface area contributed by atoms with Crippen LogP contribution in [0.1, 0.15) is 22.3 Å². The zero-order valence-corrected chi connectivity index (χ0v) is 18.0. The molecule has 2 amide bonds. The van der Waals surface area contributed by atoms with Gasteiger partial charge in [0.05, 0.1) is 11.4 Å². The topological polar surface area (TPSA) is 103 Å². The molecule has 30 heavy (non-hydrogen) atoms. The number of rotatable bonds is 5. The predicted octanol–water partition coefficient (Wildman–Crippen LogP) is 3.20. The summed E-state index contributed by atoms with van der Waals surface area (Å²) in [6, 6.07) is 11.0. The van der Waals surface area contributed by atoms with Crippen molar-refractivity contribution in [2.75, 3.05) is 12.1 Å². The van der Waals surface area contributed by atoms with Crippen molar-refractivity contribution in [3.63, 3.8) is 0 Å². The third-order valence-corrected chi connectivity index (χ3v) is 4.98. The molecule has 0 atom stereocenters. The summed E-state index contributed by atoms with van der Waals surface area (Å²) in [4.78, 5) is 12.2. The first-order valence-electron chi connectivity index (χ1n) is 9.58. The fourth-order valence-electron chi connectivity index (χ4n) is 3.37. The van der Waals surface area contributed by atoms with Crippen molar-refractivity contribution in [1.82, 2.24) is 14.8 Å². The maximum atomic E-state index is 12.2. The predicted molar refractivity (Wildman–Crippen MR) is 118 cm³/mol. The van der Waals surface area contributed by atoms with Crippen molar-refractivity contribution in [2.24, 2.45) is 18.7 Å². The lowest BCUT2D eigenvalue weighted by Crippen LogP contribution is -2.49. The lowest BCUT2D eigenvalue weighted by Gasteiger charge is -2.24. The van der Waals surface area contributed by atoms with Crippen LogP contribution in [-0.4, -0.2) is 27.9 Å². The minimum absolute atomic E-state index is 0.264. The molecule has 3 aromatic rings. The van der Waals surface area contributed by atoms with Crippen LogP contribution in [0.15, 0.2) is 42.6 Å². The van der Waals surface area contributed by atoms with Gasteiger partial charge in [0, 0.05) is 31.4 Å². The second-order valence-electron chi connectivity index (χ2n) is 7.44. The molecule has 0 unspecified atom stereocenters. The molecular weight excluding hydrogens is 380 g/mol. The summed E-state index contributed by atoms with van der Waals surface area (Å²) >= 11 is 0. The number of benzene rings is 2. The fraction of sp³-hybridized carbons (Fsp3) is 0.273. The summed E-state index contributed by atoms with van der Waals surface area (Å²) in [6.45, 7) is 6.25. The number of hydrogen-bond acceptors (Lipinski definition) is 5. The first-order valence-corrected chi connectivity index (χ1v) is 9.58. The Morgan fingerprint density at radius 1 is 1.10 bits per heavy atom. The summed E-state index contributed by atoms with van der Waals surface area (Å²) in [5, 5.41) is 6.50. The second-order valence-corrected chi connectivity index (χ2v) is 7.44. The highest BCUT2D eigenvalue weighted by molar-refractivity contribution is 5.91. The number of aromatic nitrogens is 2. The minimum Gasteiger partial charge on any atom is -0.489 e. The number of nitrogens with two attached hydrogens (primary N) is 2. The molecule has 0 fully saturated rings. The number of carbonyl (C=O) groups is 1. The Balaban J connectivity index is 1.84. The monoisotopic (exact) mass is 408 g/mol. The standard InChI is InChI=1S/C22H28N6O2/c1-14-7-6-8-19(28(24)22(29)27(5)23)18(14)13-30-20-10-9-17(11-15(20)2)21-16(3)12-26(4)25-21/h6-12H,13,23-24H2,1-5H3. The van der Waals surface area contributed by atoms with Crippen LogP contribution in [0.5, 0.6) is 5.75 Å². The zero-order chi connectivity index (χ0) is 22.0. The number of hydrogen-bond donors (Lipinski definition) is 2. The molecule has 0 saturated carbocycles. The third-order valence-electron chi connectivity index (χ3n) is 4.98. The molecule has 158 valence electrons. The summed E-state index contributed by atoms with van der Waals surface area (Å²) in [5.74, 6) is 12.3. The smallest absolute Gasteiger partial charge is 0.352 e. The number of hydrazine groups is 2. The molecule has 8 nitrogen and oxygen atoms in total. The van der Waals surface area contributed by atoms with E-state index in [-0.39, 0.29) is 6.61 Å². The van der Waals surface area contributed by atoms with Gasteiger partial charge in [0.2, 0.25) is 0 Å². The molecule has 0 aliphatic heterocycles. The molecule has 0 aliphatic carbocycles. The molecule has 3 rings (SSSR count). The number of urea groups is 1. The number of nitrogens with zero attached hydrogens (tertiary/aromatic N) is 4. The van der Waals surface area contributed by atoms with Gasteiger partial charge in [0.25, 0.3) is 0 Å². The second kappa shape index (κ2) is 8.56. The lowest BCUT2D eigenvalue weighted by atomic mass is 10.1. The highest BCUT2D eigenvalue weighted by atomic mass is 16.5. The molecule has 1 heterocycles. The van der Waals surface area contributed by atoms with Crippen LogP contribution in [0.4, 0.5) is 10.5 Å². The molecule has 2 aromatic carbocycles. The van der Waals surface area contributed by atoms with Gasteiger partial charge in [-0.3, -0.25) is 9.69 Å². The van der Waals surface area contributed by atoms with Gasteiger partial charge < -0.3 is 4.74 Å². The molecule has 4 N–H and O–H groups in total. The van der Waals surface area contributed by atoms with E-state index in [1.807, 2.05) is 63.0 Å². The first-order chi connectivity index (χ1) is 14.2. The van der Waals surface area contributed by atoms with E-state index in [9.17, 15) is 4.79 Å². The van der Waals surface area contributed by atoms with Crippen molar-refractivity contribution < 1.29 is 9.53 Å². The largest absolute Gasteiger partial charge is 0.489 e. The van der Waals surface area contributed by atoms with Crippen LogP contribution in [0.2, 0.25) is 0 Å². The van der Waals surface area contributed by atoms with E-state index in [1.54, 1.807) is 6.07 Å². The number of aryl methyl sites for hydroxylation is 4. The van der Waals surface area contributed by atoms with Crippen LogP contribution in [-0.2, 0) is 13.7 Å². The van der Waals surface area contributed by atoms with E-state index >= 15 is 0 Å². The van der Waals surface area contributed by atoms with Gasteiger partial charge >= 0.3 is 6.03 Å². The summed E-state index contributed by atoms with van der Waals surface area (Å²) < 4.78 is 7.91.